The third-order valence-corrected chi connectivity index (χ3v) is 2.16. The summed E-state index contributed by atoms with van der Waals surface area (Å²) < 4.78 is 0. The van der Waals surface area contributed by atoms with E-state index in [-0.39, 0.29) is 5.91 Å². The third kappa shape index (κ3) is 1.82. The predicted molar refractivity (Wildman–Crippen MR) is 45.2 cm³/mol. The van der Waals surface area contributed by atoms with Gasteiger partial charge in [-0.3, -0.25) is 4.79 Å². The molecule has 0 spiro atoms. The lowest BCUT2D eigenvalue weighted by Gasteiger charge is -2.14. The first-order valence-electron chi connectivity index (χ1n) is 4.18. The highest BCUT2D eigenvalue weighted by Crippen LogP contribution is 2.10. The SMILES string of the molecule is C/C=C(/C)C(=O)N1CCCC1. The Kier molecular flexibility index (Phi) is 2.69. The van der Waals surface area contributed by atoms with Crippen LogP contribution in [-0.4, -0.2) is 23.9 Å². The van der Waals surface area contributed by atoms with Crippen molar-refractivity contribution in [1.82, 2.24) is 4.90 Å². The van der Waals surface area contributed by atoms with Crippen molar-refractivity contribution >= 4 is 5.91 Å². The number of nitrogens with zero attached hydrogens (tertiary/aromatic N) is 1. The average molecular weight is 153 g/mol. The van der Waals surface area contributed by atoms with Gasteiger partial charge in [0.1, 0.15) is 0 Å². The Labute approximate surface area is 67.9 Å². The van der Waals surface area contributed by atoms with Crippen LogP contribution in [0, 0.1) is 0 Å². The van der Waals surface area contributed by atoms with Crippen molar-refractivity contribution in [2.45, 2.75) is 26.7 Å². The predicted octanol–water partition coefficient (Wildman–Crippen LogP) is 1.58. The molecule has 11 heavy (non-hydrogen) atoms. The first kappa shape index (κ1) is 8.31. The van der Waals surface area contributed by atoms with Gasteiger partial charge in [0.25, 0.3) is 0 Å². The molecule has 0 bridgehead atoms. The van der Waals surface area contributed by atoms with Crippen LogP contribution in [0.15, 0.2) is 11.6 Å². The molecule has 1 saturated heterocycles. The molecular formula is C9H15NO. The molecule has 0 aromatic rings. The standard InChI is InChI=1S/C9H15NO/c1-3-8(2)9(11)10-6-4-5-7-10/h3H,4-7H2,1-2H3/b8-3-. The maximum absolute atomic E-state index is 11.4. The molecule has 2 nitrogen and oxygen atoms in total. The molecule has 0 radical (unpaired) electrons. The van der Waals surface area contributed by atoms with Crippen molar-refractivity contribution in [2.24, 2.45) is 0 Å². The van der Waals surface area contributed by atoms with Crippen LogP contribution >= 0.6 is 0 Å². The smallest absolute Gasteiger partial charge is 0.249 e. The van der Waals surface area contributed by atoms with Gasteiger partial charge < -0.3 is 4.90 Å². The van der Waals surface area contributed by atoms with Crippen LogP contribution in [0.4, 0.5) is 0 Å². The molecular weight excluding hydrogens is 138 g/mol. The maximum Gasteiger partial charge on any atom is 0.249 e. The number of allylic oxidation sites excluding steroid dienone is 1. The van der Waals surface area contributed by atoms with E-state index in [1.165, 1.54) is 12.8 Å². The molecule has 0 atom stereocenters. The van der Waals surface area contributed by atoms with Gasteiger partial charge in [0, 0.05) is 18.7 Å². The Balaban J connectivity index is 2.53. The van der Waals surface area contributed by atoms with Crippen LogP contribution in [0.1, 0.15) is 26.7 Å². The summed E-state index contributed by atoms with van der Waals surface area (Å²) in [5.74, 6) is 0.213. The van der Waals surface area contributed by atoms with E-state index >= 15 is 0 Å². The van der Waals surface area contributed by atoms with E-state index in [1.54, 1.807) is 0 Å². The van der Waals surface area contributed by atoms with Crippen molar-refractivity contribution < 1.29 is 4.79 Å². The fourth-order valence-electron chi connectivity index (χ4n) is 1.29. The average Bonchev–Trinajstić information content (AvgIpc) is 2.53. The Morgan fingerprint density at radius 1 is 1.36 bits per heavy atom. The van der Waals surface area contributed by atoms with Gasteiger partial charge in [-0.15, -0.1) is 0 Å². The zero-order chi connectivity index (χ0) is 8.27. The number of carbonyl (C=O) groups excluding carboxylic acids is 1. The van der Waals surface area contributed by atoms with E-state index in [9.17, 15) is 4.79 Å². The number of rotatable bonds is 1. The molecule has 1 fully saturated rings. The summed E-state index contributed by atoms with van der Waals surface area (Å²) in [4.78, 5) is 13.4. The summed E-state index contributed by atoms with van der Waals surface area (Å²) in [5.41, 5.74) is 0.868. The Bertz CT molecular complexity index is 178. The highest BCUT2D eigenvalue weighted by molar-refractivity contribution is 5.92. The Morgan fingerprint density at radius 3 is 2.36 bits per heavy atom. The lowest BCUT2D eigenvalue weighted by atomic mass is 10.2. The first-order chi connectivity index (χ1) is 5.25. The van der Waals surface area contributed by atoms with Gasteiger partial charge in [-0.05, 0) is 26.7 Å². The van der Waals surface area contributed by atoms with E-state index in [1.807, 2.05) is 24.8 Å². The van der Waals surface area contributed by atoms with Crippen molar-refractivity contribution in [3.63, 3.8) is 0 Å². The molecule has 1 amide bonds. The molecule has 62 valence electrons. The summed E-state index contributed by atoms with van der Waals surface area (Å²) in [6.07, 6.45) is 4.21. The topological polar surface area (TPSA) is 20.3 Å². The fraction of sp³-hybridized carbons (Fsp3) is 0.667. The van der Waals surface area contributed by atoms with Crippen LogP contribution in [0.25, 0.3) is 0 Å². The summed E-state index contributed by atoms with van der Waals surface area (Å²) in [5, 5.41) is 0. The van der Waals surface area contributed by atoms with Crippen molar-refractivity contribution in [2.75, 3.05) is 13.1 Å². The molecule has 0 aliphatic carbocycles. The van der Waals surface area contributed by atoms with Gasteiger partial charge in [-0.25, -0.2) is 0 Å². The molecule has 0 N–H and O–H groups in total. The van der Waals surface area contributed by atoms with E-state index in [2.05, 4.69) is 0 Å². The minimum Gasteiger partial charge on any atom is -0.339 e. The molecule has 1 rings (SSSR count). The number of hydrogen-bond acceptors (Lipinski definition) is 1. The second-order valence-electron chi connectivity index (χ2n) is 2.97. The van der Waals surface area contributed by atoms with Gasteiger partial charge in [0.05, 0.1) is 0 Å². The summed E-state index contributed by atoms with van der Waals surface area (Å²) >= 11 is 0. The molecule has 1 aliphatic rings. The molecule has 0 unspecified atom stereocenters. The van der Waals surface area contributed by atoms with Gasteiger partial charge in [0.15, 0.2) is 0 Å². The van der Waals surface area contributed by atoms with Crippen LogP contribution in [0.3, 0.4) is 0 Å². The second-order valence-corrected chi connectivity index (χ2v) is 2.97. The fourth-order valence-corrected chi connectivity index (χ4v) is 1.29. The van der Waals surface area contributed by atoms with Crippen LogP contribution in [-0.2, 0) is 4.79 Å². The van der Waals surface area contributed by atoms with Crippen LogP contribution in [0.5, 0.6) is 0 Å². The summed E-state index contributed by atoms with van der Waals surface area (Å²) in [7, 11) is 0. The van der Waals surface area contributed by atoms with Crippen LogP contribution in [0.2, 0.25) is 0 Å². The zero-order valence-corrected chi connectivity index (χ0v) is 7.26. The number of carbonyl (C=O) groups is 1. The minimum absolute atomic E-state index is 0.213. The number of hydrogen-bond donors (Lipinski definition) is 0. The summed E-state index contributed by atoms with van der Waals surface area (Å²) in [6, 6.07) is 0. The zero-order valence-electron chi connectivity index (χ0n) is 7.26. The monoisotopic (exact) mass is 153 g/mol. The lowest BCUT2D eigenvalue weighted by Crippen LogP contribution is -2.28. The van der Waals surface area contributed by atoms with Gasteiger partial charge >= 0.3 is 0 Å². The molecule has 1 heterocycles. The normalized spacial score (nSPS) is 19.1. The molecule has 2 heteroatoms. The van der Waals surface area contributed by atoms with E-state index < -0.39 is 0 Å². The first-order valence-corrected chi connectivity index (χ1v) is 4.18. The Morgan fingerprint density at radius 2 is 1.91 bits per heavy atom. The molecule has 0 aromatic carbocycles. The van der Waals surface area contributed by atoms with Gasteiger partial charge in [-0.1, -0.05) is 6.08 Å². The van der Waals surface area contributed by atoms with Gasteiger partial charge in [-0.2, -0.15) is 0 Å². The highest BCUT2D eigenvalue weighted by Gasteiger charge is 2.17. The van der Waals surface area contributed by atoms with E-state index in [0.717, 1.165) is 18.7 Å². The second kappa shape index (κ2) is 3.56. The van der Waals surface area contributed by atoms with E-state index in [0.29, 0.717) is 0 Å². The Hall–Kier alpha value is -0.790. The third-order valence-electron chi connectivity index (χ3n) is 2.16. The number of likely N-dealkylation sites (tertiary alicyclic amines) is 1. The maximum atomic E-state index is 11.4. The largest absolute Gasteiger partial charge is 0.339 e. The van der Waals surface area contributed by atoms with Gasteiger partial charge in [0.2, 0.25) is 5.91 Å². The van der Waals surface area contributed by atoms with Crippen molar-refractivity contribution in [1.29, 1.82) is 0 Å². The minimum atomic E-state index is 0.213. The summed E-state index contributed by atoms with van der Waals surface area (Å²) in [6.45, 7) is 5.68. The molecule has 0 saturated carbocycles. The molecule has 1 aliphatic heterocycles. The lowest BCUT2D eigenvalue weighted by molar-refractivity contribution is -0.126. The van der Waals surface area contributed by atoms with E-state index in [4.69, 9.17) is 0 Å². The number of amides is 1. The van der Waals surface area contributed by atoms with Crippen LogP contribution < -0.4 is 0 Å². The van der Waals surface area contributed by atoms with Crippen molar-refractivity contribution in [3.05, 3.63) is 11.6 Å². The highest BCUT2D eigenvalue weighted by atomic mass is 16.2. The molecule has 0 aromatic heterocycles. The van der Waals surface area contributed by atoms with Crippen molar-refractivity contribution in [3.8, 4) is 0 Å². The quantitative estimate of drug-likeness (QED) is 0.524.